The maximum atomic E-state index is 13.0. The molecule has 0 aliphatic carbocycles. The van der Waals surface area contributed by atoms with Crippen LogP contribution < -0.4 is 10.9 Å². The molecule has 1 saturated heterocycles. The smallest absolute Gasteiger partial charge is 0.276 e. The highest BCUT2D eigenvalue weighted by molar-refractivity contribution is 7.26. The Morgan fingerprint density at radius 1 is 1.23 bits per heavy atom. The molecule has 1 aromatic carbocycles. The number of benzene rings is 1. The first kappa shape index (κ1) is 21.0. The van der Waals surface area contributed by atoms with Crippen LogP contribution in [0, 0.1) is 18.8 Å². The lowest BCUT2D eigenvalue weighted by molar-refractivity contribution is -0.121. The molecule has 0 saturated carbocycles. The van der Waals surface area contributed by atoms with E-state index in [0.29, 0.717) is 11.9 Å². The third-order valence-corrected chi connectivity index (χ3v) is 7.13. The predicted octanol–water partition coefficient (Wildman–Crippen LogP) is 3.40. The molecule has 0 radical (unpaired) electrons. The number of aryl methyl sites for hydroxylation is 1. The quantitative estimate of drug-likeness (QED) is 0.614. The van der Waals surface area contributed by atoms with Crippen LogP contribution in [0.4, 0.5) is 0 Å². The largest absolute Gasteiger partial charge is 0.354 e. The van der Waals surface area contributed by atoms with Gasteiger partial charge in [-0.2, -0.15) is 5.10 Å². The number of rotatable bonds is 6. The molecule has 0 spiro atoms. The average Bonchev–Trinajstić information content (AvgIpc) is 3.09. The summed E-state index contributed by atoms with van der Waals surface area (Å²) in [6.07, 6.45) is 2.22. The first-order valence-corrected chi connectivity index (χ1v) is 11.6. The zero-order chi connectivity index (χ0) is 21.3. The number of carbonyl (C=O) groups is 1. The van der Waals surface area contributed by atoms with Crippen molar-refractivity contribution < 1.29 is 4.79 Å². The summed E-state index contributed by atoms with van der Waals surface area (Å²) in [6.45, 7) is 10.4. The van der Waals surface area contributed by atoms with Crippen molar-refractivity contribution in [1.82, 2.24) is 20.0 Å². The molecule has 4 rings (SSSR count). The molecule has 2 aromatic heterocycles. The molecule has 1 N–H and O–H groups in total. The Kier molecular flexibility index (Phi) is 6.20. The van der Waals surface area contributed by atoms with Crippen molar-refractivity contribution in [2.75, 3.05) is 26.2 Å². The van der Waals surface area contributed by atoms with Crippen molar-refractivity contribution in [1.29, 1.82) is 0 Å². The Hall–Kier alpha value is -2.25. The van der Waals surface area contributed by atoms with Gasteiger partial charge in [-0.25, -0.2) is 4.68 Å². The van der Waals surface area contributed by atoms with Crippen LogP contribution in [0.15, 0.2) is 29.1 Å². The molecule has 1 aliphatic heterocycles. The standard InChI is InChI=1S/C23H30N4O2S/c1-15-11-16(2)13-26(12-15)10-6-9-24-20(28)14-27-23(29)21-18-7-4-5-8-19(18)30-22(21)17(3)25-27/h4-5,7-8,15-16H,6,9-14H2,1-3H3,(H,24,28)/t15-,16-/m0/s1. The highest BCUT2D eigenvalue weighted by Gasteiger charge is 2.21. The number of amides is 1. The Morgan fingerprint density at radius 2 is 1.97 bits per heavy atom. The summed E-state index contributed by atoms with van der Waals surface area (Å²) in [6, 6.07) is 7.88. The van der Waals surface area contributed by atoms with Gasteiger partial charge in [-0.3, -0.25) is 9.59 Å². The van der Waals surface area contributed by atoms with Crippen molar-refractivity contribution >= 4 is 37.4 Å². The van der Waals surface area contributed by atoms with E-state index in [0.717, 1.165) is 58.4 Å². The zero-order valence-corrected chi connectivity index (χ0v) is 18.8. The molecular weight excluding hydrogens is 396 g/mol. The Labute approximate surface area is 180 Å². The third-order valence-electron chi connectivity index (χ3n) is 5.85. The van der Waals surface area contributed by atoms with Gasteiger partial charge in [0.05, 0.1) is 15.8 Å². The summed E-state index contributed by atoms with van der Waals surface area (Å²) >= 11 is 1.58. The van der Waals surface area contributed by atoms with E-state index in [1.54, 1.807) is 11.3 Å². The predicted molar refractivity (Wildman–Crippen MR) is 123 cm³/mol. The topological polar surface area (TPSA) is 67.2 Å². The molecule has 160 valence electrons. The fourth-order valence-corrected chi connectivity index (χ4v) is 5.85. The average molecular weight is 427 g/mol. The van der Waals surface area contributed by atoms with Gasteiger partial charge in [-0.05, 0) is 44.2 Å². The zero-order valence-electron chi connectivity index (χ0n) is 18.0. The van der Waals surface area contributed by atoms with Crippen LogP contribution in [0.2, 0.25) is 0 Å². The van der Waals surface area contributed by atoms with Crippen molar-refractivity contribution in [2.24, 2.45) is 11.8 Å². The second-order valence-electron chi connectivity index (χ2n) is 8.76. The molecule has 6 nitrogen and oxygen atoms in total. The lowest BCUT2D eigenvalue weighted by Gasteiger charge is -2.34. The van der Waals surface area contributed by atoms with Crippen molar-refractivity contribution in [3.63, 3.8) is 0 Å². The second-order valence-corrected chi connectivity index (χ2v) is 9.81. The number of piperidine rings is 1. The minimum atomic E-state index is -0.195. The van der Waals surface area contributed by atoms with E-state index < -0.39 is 0 Å². The van der Waals surface area contributed by atoms with Gasteiger partial charge in [0.2, 0.25) is 5.91 Å². The fourth-order valence-electron chi connectivity index (χ4n) is 4.72. The van der Waals surface area contributed by atoms with E-state index in [4.69, 9.17) is 0 Å². The van der Waals surface area contributed by atoms with Gasteiger partial charge in [0.15, 0.2) is 0 Å². The Morgan fingerprint density at radius 3 is 2.73 bits per heavy atom. The fraction of sp³-hybridized carbons (Fsp3) is 0.522. The van der Waals surface area contributed by atoms with Gasteiger partial charge >= 0.3 is 0 Å². The summed E-state index contributed by atoms with van der Waals surface area (Å²) in [5.41, 5.74) is 0.589. The van der Waals surface area contributed by atoms with Gasteiger partial charge in [-0.1, -0.05) is 32.0 Å². The number of likely N-dealkylation sites (tertiary alicyclic amines) is 1. The SMILES string of the molecule is Cc1nn(CC(=O)NCCCN2C[C@@H](C)C[C@H](C)C2)c(=O)c2c1sc1ccccc12. The number of fused-ring (bicyclic) bond motifs is 3. The molecule has 0 unspecified atom stereocenters. The van der Waals surface area contributed by atoms with Crippen LogP contribution in [0.5, 0.6) is 0 Å². The van der Waals surface area contributed by atoms with Gasteiger partial charge in [0, 0.05) is 29.7 Å². The van der Waals surface area contributed by atoms with Gasteiger partial charge in [0.25, 0.3) is 5.56 Å². The number of hydrogen-bond donors (Lipinski definition) is 1. The van der Waals surface area contributed by atoms with E-state index in [2.05, 4.69) is 29.2 Å². The highest BCUT2D eigenvalue weighted by atomic mass is 32.1. The van der Waals surface area contributed by atoms with Gasteiger partial charge < -0.3 is 10.2 Å². The number of aromatic nitrogens is 2. The summed E-state index contributed by atoms with van der Waals surface area (Å²) in [7, 11) is 0. The highest BCUT2D eigenvalue weighted by Crippen LogP contribution is 2.32. The molecular formula is C23H30N4O2S. The lowest BCUT2D eigenvalue weighted by atomic mass is 9.92. The van der Waals surface area contributed by atoms with E-state index in [1.165, 1.54) is 11.1 Å². The van der Waals surface area contributed by atoms with E-state index in [9.17, 15) is 9.59 Å². The van der Waals surface area contributed by atoms with Crippen LogP contribution in [0.1, 0.15) is 32.4 Å². The molecule has 1 amide bonds. The molecule has 1 fully saturated rings. The normalized spacial score (nSPS) is 20.1. The maximum absolute atomic E-state index is 13.0. The van der Waals surface area contributed by atoms with Crippen molar-refractivity contribution in [2.45, 2.75) is 40.2 Å². The minimum absolute atomic E-state index is 0.0441. The number of nitrogens with zero attached hydrogens (tertiary/aromatic N) is 3. The van der Waals surface area contributed by atoms with Crippen LogP contribution in [-0.2, 0) is 11.3 Å². The first-order valence-electron chi connectivity index (χ1n) is 10.8. The minimum Gasteiger partial charge on any atom is -0.354 e. The lowest BCUT2D eigenvalue weighted by Crippen LogP contribution is -2.40. The Bertz CT molecular complexity index is 1110. The van der Waals surface area contributed by atoms with Crippen LogP contribution in [-0.4, -0.2) is 46.8 Å². The number of nitrogens with one attached hydrogen (secondary N) is 1. The number of carbonyl (C=O) groups excluding carboxylic acids is 1. The molecule has 7 heteroatoms. The Balaban J connectivity index is 1.38. The summed E-state index contributed by atoms with van der Waals surface area (Å²) in [4.78, 5) is 28.0. The summed E-state index contributed by atoms with van der Waals surface area (Å²) in [5.74, 6) is 1.32. The monoisotopic (exact) mass is 426 g/mol. The molecule has 3 aromatic rings. The summed E-state index contributed by atoms with van der Waals surface area (Å²) in [5, 5.41) is 8.96. The van der Waals surface area contributed by atoms with E-state index >= 15 is 0 Å². The number of thiophene rings is 1. The van der Waals surface area contributed by atoms with Gasteiger partial charge in [0.1, 0.15) is 6.54 Å². The molecule has 30 heavy (non-hydrogen) atoms. The van der Waals surface area contributed by atoms with Crippen molar-refractivity contribution in [3.8, 4) is 0 Å². The van der Waals surface area contributed by atoms with Crippen LogP contribution in [0.3, 0.4) is 0 Å². The van der Waals surface area contributed by atoms with E-state index in [-0.39, 0.29) is 18.0 Å². The maximum Gasteiger partial charge on any atom is 0.276 e. The van der Waals surface area contributed by atoms with E-state index in [1.807, 2.05) is 31.2 Å². The van der Waals surface area contributed by atoms with Crippen molar-refractivity contribution in [3.05, 3.63) is 40.3 Å². The first-order chi connectivity index (χ1) is 14.4. The molecule has 0 bridgehead atoms. The third kappa shape index (κ3) is 4.42. The van der Waals surface area contributed by atoms with Gasteiger partial charge in [-0.15, -0.1) is 11.3 Å². The molecule has 1 aliphatic rings. The summed E-state index contributed by atoms with van der Waals surface area (Å²) < 4.78 is 3.28. The second kappa shape index (κ2) is 8.86. The number of hydrogen-bond acceptors (Lipinski definition) is 5. The van der Waals surface area contributed by atoms with Crippen LogP contribution in [0.25, 0.3) is 20.2 Å². The van der Waals surface area contributed by atoms with Crippen LogP contribution >= 0.6 is 11.3 Å². The molecule has 2 atom stereocenters. The molecule has 3 heterocycles.